The van der Waals surface area contributed by atoms with Crippen LogP contribution >= 0.6 is 0 Å². The normalized spacial score (nSPS) is 22.3. The lowest BCUT2D eigenvalue weighted by atomic mass is 9.73. The highest BCUT2D eigenvalue weighted by Gasteiger charge is 2.29. The van der Waals surface area contributed by atoms with E-state index in [2.05, 4.69) is 73.6 Å². The molecule has 1 saturated carbocycles. The van der Waals surface area contributed by atoms with E-state index >= 15 is 0 Å². The van der Waals surface area contributed by atoms with Crippen molar-refractivity contribution in [2.75, 3.05) is 27.7 Å². The molecule has 0 saturated heterocycles. The SMILES string of the molecule is COc1cccc(C2C/C(=C/c3ccccc3)CC[C@@H]2CN(C)C)c1. The van der Waals surface area contributed by atoms with E-state index in [1.165, 1.54) is 24.0 Å². The third-order valence-electron chi connectivity index (χ3n) is 5.18. The molecule has 25 heavy (non-hydrogen) atoms. The lowest BCUT2D eigenvalue weighted by molar-refractivity contribution is 0.256. The van der Waals surface area contributed by atoms with Gasteiger partial charge in [0.15, 0.2) is 0 Å². The largest absolute Gasteiger partial charge is 0.497 e. The Balaban J connectivity index is 1.86. The van der Waals surface area contributed by atoms with Gasteiger partial charge in [-0.05, 0) is 68.5 Å². The van der Waals surface area contributed by atoms with Crippen LogP contribution in [0.5, 0.6) is 5.75 Å². The maximum atomic E-state index is 5.46. The Hall–Kier alpha value is -2.06. The molecule has 3 rings (SSSR count). The Kier molecular flexibility index (Phi) is 5.93. The van der Waals surface area contributed by atoms with Crippen molar-refractivity contribution < 1.29 is 4.74 Å². The van der Waals surface area contributed by atoms with Gasteiger partial charge < -0.3 is 9.64 Å². The average Bonchev–Trinajstić information content (AvgIpc) is 2.63. The number of ether oxygens (including phenoxy) is 1. The van der Waals surface area contributed by atoms with Gasteiger partial charge in [0.2, 0.25) is 0 Å². The van der Waals surface area contributed by atoms with Gasteiger partial charge in [-0.25, -0.2) is 0 Å². The quantitative estimate of drug-likeness (QED) is 0.742. The highest BCUT2D eigenvalue weighted by atomic mass is 16.5. The summed E-state index contributed by atoms with van der Waals surface area (Å²) in [7, 11) is 6.11. The van der Waals surface area contributed by atoms with Crippen LogP contribution in [0.15, 0.2) is 60.2 Å². The molecule has 2 aromatic carbocycles. The van der Waals surface area contributed by atoms with Crippen molar-refractivity contribution in [1.82, 2.24) is 4.90 Å². The van der Waals surface area contributed by atoms with Crippen LogP contribution in [0, 0.1) is 5.92 Å². The summed E-state index contributed by atoms with van der Waals surface area (Å²) in [5.74, 6) is 2.21. The zero-order valence-electron chi connectivity index (χ0n) is 15.6. The Morgan fingerprint density at radius 1 is 1.08 bits per heavy atom. The van der Waals surface area contributed by atoms with E-state index in [-0.39, 0.29) is 0 Å². The summed E-state index contributed by atoms with van der Waals surface area (Å²) in [5.41, 5.74) is 4.28. The van der Waals surface area contributed by atoms with E-state index in [1.807, 2.05) is 6.07 Å². The van der Waals surface area contributed by atoms with Crippen LogP contribution in [0.3, 0.4) is 0 Å². The summed E-state index contributed by atoms with van der Waals surface area (Å²) in [5, 5.41) is 0. The monoisotopic (exact) mass is 335 g/mol. The van der Waals surface area contributed by atoms with Gasteiger partial charge in [-0.1, -0.05) is 54.1 Å². The number of nitrogens with zero attached hydrogens (tertiary/aromatic N) is 1. The zero-order chi connectivity index (χ0) is 17.6. The molecule has 0 radical (unpaired) electrons. The van der Waals surface area contributed by atoms with Gasteiger partial charge >= 0.3 is 0 Å². The van der Waals surface area contributed by atoms with E-state index < -0.39 is 0 Å². The third kappa shape index (κ3) is 4.73. The van der Waals surface area contributed by atoms with Crippen LogP contribution in [0.2, 0.25) is 0 Å². The van der Waals surface area contributed by atoms with Crippen LogP contribution in [0.1, 0.15) is 36.3 Å². The Labute approximate surface area is 152 Å². The van der Waals surface area contributed by atoms with Gasteiger partial charge in [0, 0.05) is 6.54 Å². The Morgan fingerprint density at radius 3 is 2.60 bits per heavy atom. The summed E-state index contributed by atoms with van der Waals surface area (Å²) < 4.78 is 5.46. The van der Waals surface area contributed by atoms with Crippen molar-refractivity contribution in [2.24, 2.45) is 5.92 Å². The van der Waals surface area contributed by atoms with Crippen molar-refractivity contribution in [3.63, 3.8) is 0 Å². The number of benzene rings is 2. The smallest absolute Gasteiger partial charge is 0.119 e. The van der Waals surface area contributed by atoms with Gasteiger partial charge in [0.1, 0.15) is 5.75 Å². The fraction of sp³-hybridized carbons (Fsp3) is 0.391. The van der Waals surface area contributed by atoms with Gasteiger partial charge in [-0.2, -0.15) is 0 Å². The van der Waals surface area contributed by atoms with Crippen LogP contribution < -0.4 is 4.74 Å². The van der Waals surface area contributed by atoms with Crippen molar-refractivity contribution in [3.05, 3.63) is 71.3 Å². The Morgan fingerprint density at radius 2 is 1.88 bits per heavy atom. The molecule has 132 valence electrons. The van der Waals surface area contributed by atoms with Crippen LogP contribution in [0.4, 0.5) is 0 Å². The third-order valence-corrected chi connectivity index (χ3v) is 5.18. The van der Waals surface area contributed by atoms with E-state index in [4.69, 9.17) is 4.74 Å². The summed E-state index contributed by atoms with van der Waals surface area (Å²) >= 11 is 0. The first-order chi connectivity index (χ1) is 12.2. The van der Waals surface area contributed by atoms with E-state index in [0.717, 1.165) is 18.7 Å². The summed E-state index contributed by atoms with van der Waals surface area (Å²) in [6, 6.07) is 19.3. The van der Waals surface area contributed by atoms with Gasteiger partial charge in [-0.15, -0.1) is 0 Å². The predicted molar refractivity (Wildman–Crippen MR) is 106 cm³/mol. The lowest BCUT2D eigenvalue weighted by Gasteiger charge is -2.35. The molecular formula is C23H29NO. The molecule has 0 bridgehead atoms. The maximum Gasteiger partial charge on any atom is 0.119 e. The van der Waals surface area contributed by atoms with Crippen molar-refractivity contribution in [2.45, 2.75) is 25.2 Å². The number of allylic oxidation sites excluding steroid dienone is 1. The van der Waals surface area contributed by atoms with E-state index in [9.17, 15) is 0 Å². The molecule has 1 fully saturated rings. The second-order valence-electron chi connectivity index (χ2n) is 7.36. The Bertz CT molecular complexity index is 705. The number of hydrogen-bond donors (Lipinski definition) is 0. The highest BCUT2D eigenvalue weighted by molar-refractivity contribution is 5.53. The first-order valence-electron chi connectivity index (χ1n) is 9.19. The lowest BCUT2D eigenvalue weighted by Crippen LogP contribution is -2.29. The van der Waals surface area contributed by atoms with Gasteiger partial charge in [0.05, 0.1) is 7.11 Å². The fourth-order valence-electron chi connectivity index (χ4n) is 3.99. The molecule has 1 aliphatic carbocycles. The van der Waals surface area contributed by atoms with Crippen molar-refractivity contribution in [3.8, 4) is 5.75 Å². The summed E-state index contributed by atoms with van der Waals surface area (Å²) in [6.45, 7) is 1.14. The maximum absolute atomic E-state index is 5.46. The number of hydrogen-bond acceptors (Lipinski definition) is 2. The summed E-state index contributed by atoms with van der Waals surface area (Å²) in [6.07, 6.45) is 5.98. The van der Waals surface area contributed by atoms with Crippen LogP contribution in [-0.4, -0.2) is 32.6 Å². The molecule has 2 heteroatoms. The number of methoxy groups -OCH3 is 1. The molecule has 0 amide bonds. The minimum Gasteiger partial charge on any atom is -0.497 e. The minimum atomic E-state index is 0.557. The first kappa shape index (κ1) is 17.8. The highest BCUT2D eigenvalue weighted by Crippen LogP contribution is 2.42. The molecule has 2 nitrogen and oxygen atoms in total. The van der Waals surface area contributed by atoms with E-state index in [1.54, 1.807) is 12.7 Å². The van der Waals surface area contributed by atoms with Gasteiger partial charge in [0.25, 0.3) is 0 Å². The van der Waals surface area contributed by atoms with E-state index in [0.29, 0.717) is 11.8 Å². The summed E-state index contributed by atoms with van der Waals surface area (Å²) in [4.78, 5) is 2.32. The molecule has 0 aromatic heterocycles. The average molecular weight is 335 g/mol. The second kappa shape index (κ2) is 8.35. The second-order valence-corrected chi connectivity index (χ2v) is 7.36. The minimum absolute atomic E-state index is 0.557. The van der Waals surface area contributed by atoms with Crippen molar-refractivity contribution >= 4 is 6.08 Å². The molecule has 0 spiro atoms. The molecular weight excluding hydrogens is 306 g/mol. The molecule has 1 unspecified atom stereocenters. The molecule has 2 atom stereocenters. The van der Waals surface area contributed by atoms with Crippen LogP contribution in [-0.2, 0) is 0 Å². The van der Waals surface area contributed by atoms with Crippen LogP contribution in [0.25, 0.3) is 6.08 Å². The standard InChI is InChI=1S/C23H29NO/c1-24(2)17-21-13-12-19(14-18-8-5-4-6-9-18)15-23(21)20-10-7-11-22(16-20)25-3/h4-11,14,16,21,23H,12-13,15,17H2,1-3H3/b19-14+/t21-,23?/m1/s1. The van der Waals surface area contributed by atoms with Gasteiger partial charge in [-0.3, -0.25) is 0 Å². The molecule has 0 N–H and O–H groups in total. The predicted octanol–water partition coefficient (Wildman–Crippen LogP) is 5.22. The molecule has 2 aromatic rings. The fourth-order valence-corrected chi connectivity index (χ4v) is 3.99. The molecule has 0 heterocycles. The number of rotatable bonds is 5. The van der Waals surface area contributed by atoms with Crippen molar-refractivity contribution in [1.29, 1.82) is 0 Å². The topological polar surface area (TPSA) is 12.5 Å². The molecule has 1 aliphatic rings. The first-order valence-corrected chi connectivity index (χ1v) is 9.19. The molecule has 0 aliphatic heterocycles. The zero-order valence-corrected chi connectivity index (χ0v) is 15.6.